The maximum Gasteiger partial charge on any atom is 0.275 e. The van der Waals surface area contributed by atoms with Crippen LogP contribution in [0.25, 0.3) is 0 Å². The molecule has 2 aromatic carbocycles. The zero-order chi connectivity index (χ0) is 22.1. The summed E-state index contributed by atoms with van der Waals surface area (Å²) in [5.74, 6) is 0.658. The van der Waals surface area contributed by atoms with Crippen molar-refractivity contribution < 1.29 is 9.53 Å². The smallest absolute Gasteiger partial charge is 0.275 e. The van der Waals surface area contributed by atoms with Crippen LogP contribution in [-0.4, -0.2) is 31.3 Å². The molecule has 5 nitrogen and oxygen atoms in total. The number of nitrogens with one attached hydrogen (secondary N) is 1. The fraction of sp³-hybridized carbons (Fsp3) is 0.417. The lowest BCUT2D eigenvalue weighted by molar-refractivity contribution is 0.0952. The van der Waals surface area contributed by atoms with Crippen molar-refractivity contribution in [1.82, 2.24) is 5.43 Å². The Hall–Kier alpha value is -2.34. The summed E-state index contributed by atoms with van der Waals surface area (Å²) in [6, 6.07) is 9.76. The second kappa shape index (κ2) is 8.80. The topological polar surface area (TPSA) is 53.9 Å². The van der Waals surface area contributed by atoms with Gasteiger partial charge in [-0.3, -0.25) is 4.79 Å². The molecule has 0 aliphatic carbocycles. The van der Waals surface area contributed by atoms with E-state index in [2.05, 4.69) is 78.1 Å². The van der Waals surface area contributed by atoms with E-state index in [4.69, 9.17) is 4.74 Å². The molecule has 0 saturated carbocycles. The number of halogens is 1. The minimum absolute atomic E-state index is 0.139. The molecule has 0 spiro atoms. The van der Waals surface area contributed by atoms with Crippen molar-refractivity contribution in [3.05, 3.63) is 57.1 Å². The fourth-order valence-corrected chi connectivity index (χ4v) is 4.83. The van der Waals surface area contributed by atoms with Gasteiger partial charge in [-0.15, -0.1) is 0 Å². The molecule has 1 aliphatic heterocycles. The number of benzene rings is 2. The zero-order valence-corrected chi connectivity index (χ0v) is 20.1. The van der Waals surface area contributed by atoms with Gasteiger partial charge < -0.3 is 9.64 Å². The number of carbonyl (C=O) groups is 1. The number of anilines is 1. The summed E-state index contributed by atoms with van der Waals surface area (Å²) in [5.41, 5.74) is 7.98. The number of aryl methyl sites for hydroxylation is 1. The minimum Gasteiger partial charge on any atom is -0.496 e. The first-order chi connectivity index (χ1) is 14.2. The van der Waals surface area contributed by atoms with Gasteiger partial charge in [0.25, 0.3) is 5.91 Å². The summed E-state index contributed by atoms with van der Waals surface area (Å²) in [6.07, 6.45) is 2.83. The molecular weight excluding hydrogens is 442 g/mol. The van der Waals surface area contributed by atoms with Gasteiger partial charge in [0.05, 0.1) is 18.9 Å². The normalized spacial score (nSPS) is 17.7. The molecule has 1 aliphatic rings. The molecule has 1 heterocycles. The van der Waals surface area contributed by atoms with Crippen LogP contribution >= 0.6 is 15.9 Å². The second-order valence-corrected chi connectivity index (χ2v) is 9.39. The lowest BCUT2D eigenvalue weighted by Crippen LogP contribution is -2.48. The molecule has 2 aromatic rings. The Bertz CT molecular complexity index is 985. The summed E-state index contributed by atoms with van der Waals surface area (Å²) >= 11 is 3.39. The first-order valence-corrected chi connectivity index (χ1v) is 11.1. The van der Waals surface area contributed by atoms with Gasteiger partial charge in [0.1, 0.15) is 5.75 Å². The predicted molar refractivity (Wildman–Crippen MR) is 127 cm³/mol. The average Bonchev–Trinajstić information content (AvgIpc) is 2.68. The summed E-state index contributed by atoms with van der Waals surface area (Å²) in [7, 11) is 1.54. The Morgan fingerprint density at radius 1 is 1.37 bits per heavy atom. The van der Waals surface area contributed by atoms with Crippen molar-refractivity contribution >= 4 is 33.7 Å². The number of fused-ring (bicyclic) bond motifs is 1. The third kappa shape index (κ3) is 4.38. The number of methoxy groups -OCH3 is 1. The van der Waals surface area contributed by atoms with Crippen LogP contribution in [0.2, 0.25) is 0 Å². The number of hydrogen-bond donors (Lipinski definition) is 1. The molecule has 0 fully saturated rings. The minimum atomic E-state index is -0.313. The number of hydrazone groups is 1. The van der Waals surface area contributed by atoms with Crippen LogP contribution in [-0.2, 0) is 0 Å². The van der Waals surface area contributed by atoms with E-state index < -0.39 is 0 Å². The van der Waals surface area contributed by atoms with E-state index in [1.54, 1.807) is 25.5 Å². The van der Waals surface area contributed by atoms with Gasteiger partial charge in [-0.25, -0.2) is 5.43 Å². The van der Waals surface area contributed by atoms with Gasteiger partial charge in [0.2, 0.25) is 0 Å². The molecule has 1 atom stereocenters. The van der Waals surface area contributed by atoms with E-state index in [9.17, 15) is 4.79 Å². The van der Waals surface area contributed by atoms with Crippen molar-refractivity contribution in [3.8, 4) is 5.75 Å². The molecule has 0 radical (unpaired) electrons. The molecule has 1 amide bonds. The molecule has 1 unspecified atom stereocenters. The second-order valence-electron chi connectivity index (χ2n) is 8.47. The Balaban J connectivity index is 1.85. The van der Waals surface area contributed by atoms with Crippen LogP contribution in [0.1, 0.15) is 67.1 Å². The van der Waals surface area contributed by atoms with Crippen LogP contribution < -0.4 is 15.1 Å². The Labute approximate surface area is 187 Å². The first-order valence-electron chi connectivity index (χ1n) is 10.3. The molecule has 3 rings (SSSR count). The highest BCUT2D eigenvalue weighted by Crippen LogP contribution is 2.44. The maximum absolute atomic E-state index is 12.6. The summed E-state index contributed by atoms with van der Waals surface area (Å²) in [5, 5.41) is 4.22. The Morgan fingerprint density at radius 2 is 2.10 bits per heavy atom. The fourth-order valence-electron chi connectivity index (χ4n) is 4.47. The molecule has 0 bridgehead atoms. The largest absolute Gasteiger partial charge is 0.496 e. The van der Waals surface area contributed by atoms with E-state index in [-0.39, 0.29) is 11.4 Å². The lowest BCUT2D eigenvalue weighted by Gasteiger charge is -2.47. The van der Waals surface area contributed by atoms with Gasteiger partial charge in [0.15, 0.2) is 0 Å². The number of nitrogens with zero attached hydrogens (tertiary/aromatic N) is 2. The Kier molecular flexibility index (Phi) is 6.56. The predicted octanol–water partition coefficient (Wildman–Crippen LogP) is 5.64. The first kappa shape index (κ1) is 22.3. The molecule has 30 heavy (non-hydrogen) atoms. The van der Waals surface area contributed by atoms with Crippen LogP contribution in [0.4, 0.5) is 5.69 Å². The van der Waals surface area contributed by atoms with Crippen LogP contribution in [0, 0.1) is 6.92 Å². The molecule has 1 N–H and O–H groups in total. The highest BCUT2D eigenvalue weighted by molar-refractivity contribution is 9.10. The molecule has 0 aromatic heterocycles. The van der Waals surface area contributed by atoms with E-state index in [1.807, 2.05) is 6.07 Å². The third-order valence-electron chi connectivity index (χ3n) is 5.87. The quantitative estimate of drug-likeness (QED) is 0.453. The number of amides is 1. The van der Waals surface area contributed by atoms with Crippen molar-refractivity contribution in [1.29, 1.82) is 0 Å². The van der Waals surface area contributed by atoms with E-state index in [0.29, 0.717) is 17.2 Å². The zero-order valence-electron chi connectivity index (χ0n) is 18.5. The van der Waals surface area contributed by atoms with Crippen molar-refractivity contribution in [2.24, 2.45) is 5.10 Å². The molecule has 6 heteroatoms. The Morgan fingerprint density at radius 3 is 2.77 bits per heavy atom. The van der Waals surface area contributed by atoms with Crippen LogP contribution in [0.15, 0.2) is 39.9 Å². The average molecular weight is 472 g/mol. The van der Waals surface area contributed by atoms with Gasteiger partial charge in [-0.05, 0) is 87.1 Å². The van der Waals surface area contributed by atoms with Crippen molar-refractivity contribution in [2.45, 2.75) is 52.5 Å². The summed E-state index contributed by atoms with van der Waals surface area (Å²) in [6.45, 7) is 12.2. The molecular formula is C24H30BrN3O2. The number of rotatable bonds is 5. The standard InChI is InChI=1S/C24H30BrN3O2/c1-7-28-21-10-15(2)17(11-19(21)16(3)13-24(28,4)5)14-26-27-23(29)20-12-18(25)8-9-22(20)30-6/h8-12,14,16H,7,13H2,1-6H3,(H,27,29)/b26-14+. The summed E-state index contributed by atoms with van der Waals surface area (Å²) in [4.78, 5) is 15.0. The van der Waals surface area contributed by atoms with E-state index >= 15 is 0 Å². The van der Waals surface area contributed by atoms with Crippen molar-refractivity contribution in [2.75, 3.05) is 18.6 Å². The van der Waals surface area contributed by atoms with Crippen molar-refractivity contribution in [3.63, 3.8) is 0 Å². The number of hydrogen-bond acceptors (Lipinski definition) is 4. The maximum atomic E-state index is 12.6. The highest BCUT2D eigenvalue weighted by atomic mass is 79.9. The van der Waals surface area contributed by atoms with Crippen LogP contribution in [0.5, 0.6) is 5.75 Å². The molecule has 0 saturated heterocycles. The van der Waals surface area contributed by atoms with Crippen LogP contribution in [0.3, 0.4) is 0 Å². The summed E-state index contributed by atoms with van der Waals surface area (Å²) < 4.78 is 6.08. The lowest BCUT2D eigenvalue weighted by atomic mass is 9.79. The van der Waals surface area contributed by atoms with Gasteiger partial charge in [-0.1, -0.05) is 22.9 Å². The number of carbonyl (C=O) groups excluding carboxylic acids is 1. The van der Waals surface area contributed by atoms with E-state index in [0.717, 1.165) is 28.6 Å². The van der Waals surface area contributed by atoms with Gasteiger partial charge >= 0.3 is 0 Å². The third-order valence-corrected chi connectivity index (χ3v) is 6.36. The number of ether oxygens (including phenoxy) is 1. The molecule has 160 valence electrons. The van der Waals surface area contributed by atoms with Gasteiger partial charge in [-0.2, -0.15) is 5.10 Å². The van der Waals surface area contributed by atoms with E-state index in [1.165, 1.54) is 11.3 Å². The highest BCUT2D eigenvalue weighted by Gasteiger charge is 2.35. The van der Waals surface area contributed by atoms with Gasteiger partial charge in [0, 0.05) is 22.2 Å². The SMILES string of the molecule is CCN1c2cc(C)c(/C=N/NC(=O)c3cc(Br)ccc3OC)cc2C(C)CC1(C)C. The monoisotopic (exact) mass is 471 g/mol.